The van der Waals surface area contributed by atoms with Gasteiger partial charge in [-0.25, -0.2) is 4.68 Å². The molecule has 0 aliphatic rings. The predicted octanol–water partition coefficient (Wildman–Crippen LogP) is 0.679. The van der Waals surface area contributed by atoms with Crippen molar-refractivity contribution in [3.8, 4) is 11.5 Å². The second kappa shape index (κ2) is 5.17. The van der Waals surface area contributed by atoms with Gasteiger partial charge < -0.3 is 9.47 Å². The fourth-order valence-electron chi connectivity index (χ4n) is 1.51. The lowest BCUT2D eigenvalue weighted by molar-refractivity contribution is 0.100. The fourth-order valence-corrected chi connectivity index (χ4v) is 1.51. The summed E-state index contributed by atoms with van der Waals surface area (Å²) >= 11 is 0. The van der Waals surface area contributed by atoms with Gasteiger partial charge in [0.1, 0.15) is 29.7 Å². The molecular weight excluding hydrogens is 236 g/mol. The van der Waals surface area contributed by atoms with Gasteiger partial charge in [-0.1, -0.05) is 6.07 Å². The van der Waals surface area contributed by atoms with Gasteiger partial charge in [-0.2, -0.15) is 0 Å². The fraction of sp³-hybridized carbons (Fsp3) is 0.182. The number of ether oxygens (including phenoxy) is 2. The highest BCUT2D eigenvalue weighted by Crippen LogP contribution is 2.28. The molecule has 0 radical (unpaired) electrons. The smallest absolute Gasteiger partial charge is 0.277 e. The number of methoxy groups -OCH3 is 2. The summed E-state index contributed by atoms with van der Waals surface area (Å²) in [4.78, 5) is 12.1. The summed E-state index contributed by atoms with van der Waals surface area (Å²) in [6.07, 6.45) is 2.75. The van der Waals surface area contributed by atoms with Crippen molar-refractivity contribution in [3.05, 3.63) is 36.4 Å². The van der Waals surface area contributed by atoms with E-state index >= 15 is 0 Å². The van der Waals surface area contributed by atoms with Crippen LogP contribution in [0.3, 0.4) is 0 Å². The quantitative estimate of drug-likeness (QED) is 0.860. The Morgan fingerprint density at radius 3 is 2.22 bits per heavy atom. The summed E-state index contributed by atoms with van der Waals surface area (Å²) in [5.41, 5.74) is 2.90. The van der Waals surface area contributed by atoms with E-state index < -0.39 is 0 Å². The average molecular weight is 248 g/mol. The molecule has 0 spiro atoms. The molecule has 2 rings (SSSR count). The van der Waals surface area contributed by atoms with Crippen LogP contribution in [0.5, 0.6) is 11.5 Å². The van der Waals surface area contributed by atoms with Gasteiger partial charge in [-0.15, -0.1) is 10.2 Å². The summed E-state index contributed by atoms with van der Waals surface area (Å²) in [5, 5.41) is 7.18. The minimum atomic E-state index is -0.371. The second-order valence-corrected chi connectivity index (χ2v) is 3.35. The summed E-state index contributed by atoms with van der Waals surface area (Å²) in [7, 11) is 2.98. The molecule has 94 valence electrons. The normalized spacial score (nSPS) is 9.89. The van der Waals surface area contributed by atoms with Crippen molar-refractivity contribution < 1.29 is 14.3 Å². The van der Waals surface area contributed by atoms with Crippen LogP contribution >= 0.6 is 0 Å². The van der Waals surface area contributed by atoms with Crippen molar-refractivity contribution in [1.29, 1.82) is 0 Å². The molecule has 1 aromatic carbocycles. The highest BCUT2D eigenvalue weighted by molar-refractivity contribution is 6.04. The topological polar surface area (TPSA) is 78.3 Å². The molecule has 2 aromatic rings. The Morgan fingerprint density at radius 2 is 1.72 bits per heavy atom. The van der Waals surface area contributed by atoms with Gasteiger partial charge >= 0.3 is 0 Å². The molecule has 1 N–H and O–H groups in total. The van der Waals surface area contributed by atoms with Crippen molar-refractivity contribution in [2.45, 2.75) is 0 Å². The van der Waals surface area contributed by atoms with Crippen molar-refractivity contribution in [1.82, 2.24) is 14.9 Å². The molecule has 0 unspecified atom stereocenters. The molecule has 0 fully saturated rings. The zero-order valence-corrected chi connectivity index (χ0v) is 9.95. The van der Waals surface area contributed by atoms with E-state index in [2.05, 4.69) is 15.6 Å². The Hall–Kier alpha value is -2.57. The third-order valence-electron chi connectivity index (χ3n) is 2.30. The monoisotopic (exact) mass is 248 g/mol. The van der Waals surface area contributed by atoms with E-state index in [1.807, 2.05) is 0 Å². The van der Waals surface area contributed by atoms with E-state index in [4.69, 9.17) is 9.47 Å². The minimum Gasteiger partial charge on any atom is -0.496 e. The van der Waals surface area contributed by atoms with Crippen LogP contribution in [-0.2, 0) is 0 Å². The SMILES string of the molecule is COc1cccc(OC)c1C(=O)Nn1cnnc1. The van der Waals surface area contributed by atoms with E-state index in [1.165, 1.54) is 31.6 Å². The number of carbonyl (C=O) groups excluding carboxylic acids is 1. The van der Waals surface area contributed by atoms with Crippen LogP contribution in [0.25, 0.3) is 0 Å². The third kappa shape index (κ3) is 2.24. The van der Waals surface area contributed by atoms with Gasteiger partial charge in [-0.3, -0.25) is 10.2 Å². The van der Waals surface area contributed by atoms with Crippen molar-refractivity contribution in [3.63, 3.8) is 0 Å². The summed E-state index contributed by atoms with van der Waals surface area (Å²) in [5.74, 6) is 0.490. The lowest BCUT2D eigenvalue weighted by Crippen LogP contribution is -2.22. The first-order valence-corrected chi connectivity index (χ1v) is 5.13. The molecule has 18 heavy (non-hydrogen) atoms. The standard InChI is InChI=1S/C11H12N4O3/c1-17-8-4-3-5-9(18-2)10(8)11(16)14-15-6-12-13-7-15/h3-7H,1-2H3,(H,14,16). The van der Waals surface area contributed by atoms with Crippen molar-refractivity contribution in [2.24, 2.45) is 0 Å². The Bertz CT molecular complexity index is 517. The van der Waals surface area contributed by atoms with Gasteiger partial charge in [0, 0.05) is 0 Å². The number of amides is 1. The molecule has 0 aliphatic heterocycles. The van der Waals surface area contributed by atoms with E-state index in [9.17, 15) is 4.79 Å². The molecule has 0 atom stereocenters. The predicted molar refractivity (Wildman–Crippen MR) is 63.3 cm³/mol. The summed E-state index contributed by atoms with van der Waals surface area (Å²) in [6, 6.07) is 5.11. The maximum atomic E-state index is 12.1. The zero-order chi connectivity index (χ0) is 13.0. The number of hydrogen-bond acceptors (Lipinski definition) is 5. The van der Waals surface area contributed by atoms with E-state index in [0.717, 1.165) is 0 Å². The number of rotatable bonds is 4. The van der Waals surface area contributed by atoms with Crippen LogP contribution in [0.1, 0.15) is 10.4 Å². The average Bonchev–Trinajstić information content (AvgIpc) is 2.90. The van der Waals surface area contributed by atoms with Crippen LogP contribution in [-0.4, -0.2) is 35.0 Å². The molecule has 0 saturated heterocycles. The Labute approximate surface area is 103 Å². The molecule has 1 amide bonds. The van der Waals surface area contributed by atoms with Crippen molar-refractivity contribution in [2.75, 3.05) is 19.6 Å². The summed E-state index contributed by atoms with van der Waals surface area (Å²) in [6.45, 7) is 0. The van der Waals surface area contributed by atoms with E-state index in [0.29, 0.717) is 17.1 Å². The van der Waals surface area contributed by atoms with Gasteiger partial charge in [0.15, 0.2) is 0 Å². The number of carbonyl (C=O) groups is 1. The molecule has 1 heterocycles. The van der Waals surface area contributed by atoms with Gasteiger partial charge in [0.25, 0.3) is 5.91 Å². The lowest BCUT2D eigenvalue weighted by atomic mass is 10.1. The molecular formula is C11H12N4O3. The number of aromatic nitrogens is 3. The molecule has 1 aromatic heterocycles. The first-order chi connectivity index (χ1) is 8.76. The molecule has 0 bridgehead atoms. The van der Waals surface area contributed by atoms with E-state index in [1.54, 1.807) is 18.2 Å². The zero-order valence-electron chi connectivity index (χ0n) is 9.95. The number of nitrogens with one attached hydrogen (secondary N) is 1. The Kier molecular flexibility index (Phi) is 3.42. The highest BCUT2D eigenvalue weighted by atomic mass is 16.5. The number of nitrogens with zero attached hydrogens (tertiary/aromatic N) is 3. The number of hydrogen-bond donors (Lipinski definition) is 1. The van der Waals surface area contributed by atoms with Crippen LogP contribution in [0, 0.1) is 0 Å². The van der Waals surface area contributed by atoms with E-state index in [-0.39, 0.29) is 5.91 Å². The highest BCUT2D eigenvalue weighted by Gasteiger charge is 2.18. The first kappa shape index (κ1) is 11.9. The van der Waals surface area contributed by atoms with Crippen molar-refractivity contribution >= 4 is 5.91 Å². The second-order valence-electron chi connectivity index (χ2n) is 3.35. The van der Waals surface area contributed by atoms with Crippen LogP contribution in [0.15, 0.2) is 30.9 Å². The van der Waals surface area contributed by atoms with Gasteiger partial charge in [0.2, 0.25) is 0 Å². The molecule has 7 heteroatoms. The summed E-state index contributed by atoms with van der Waals surface area (Å²) < 4.78 is 11.6. The molecule has 0 aliphatic carbocycles. The maximum Gasteiger partial charge on any atom is 0.277 e. The molecule has 7 nitrogen and oxygen atoms in total. The van der Waals surface area contributed by atoms with Crippen LogP contribution in [0.2, 0.25) is 0 Å². The van der Waals surface area contributed by atoms with Gasteiger partial charge in [-0.05, 0) is 12.1 Å². The Morgan fingerprint density at radius 1 is 1.17 bits per heavy atom. The Balaban J connectivity index is 2.33. The number of benzene rings is 1. The largest absolute Gasteiger partial charge is 0.496 e. The molecule has 0 saturated carbocycles. The maximum absolute atomic E-state index is 12.1. The first-order valence-electron chi connectivity index (χ1n) is 5.13. The minimum absolute atomic E-state index is 0.316. The lowest BCUT2D eigenvalue weighted by Gasteiger charge is -2.12. The third-order valence-corrected chi connectivity index (χ3v) is 2.30. The van der Waals surface area contributed by atoms with Gasteiger partial charge in [0.05, 0.1) is 14.2 Å². The van der Waals surface area contributed by atoms with Crippen LogP contribution < -0.4 is 14.9 Å². The van der Waals surface area contributed by atoms with Crippen LogP contribution in [0.4, 0.5) is 0 Å².